The van der Waals surface area contributed by atoms with Gasteiger partial charge in [-0.25, -0.2) is 0 Å². The first-order valence-electron chi connectivity index (χ1n) is 4.98. The van der Waals surface area contributed by atoms with Crippen LogP contribution in [0.5, 0.6) is 0 Å². The number of amides is 1. The zero-order valence-electron chi connectivity index (χ0n) is 9.08. The van der Waals surface area contributed by atoms with E-state index in [0.29, 0.717) is 6.42 Å². The first kappa shape index (κ1) is 10.8. The molecule has 0 heterocycles. The van der Waals surface area contributed by atoms with E-state index >= 15 is 0 Å². The predicted octanol–water partition coefficient (Wildman–Crippen LogP) is 2.76. The van der Waals surface area contributed by atoms with E-state index in [1.54, 1.807) is 4.90 Å². The smallest absolute Gasteiger partial charge is 0.226 e. The standard InChI is InChI=1S/C12H17NO/c1-4-6-12(14)13(3)11-8-5-7-10(2)9-11/h5,7-9H,4,6H2,1-3H3. The third-order valence-corrected chi connectivity index (χ3v) is 2.23. The van der Waals surface area contributed by atoms with Crippen LogP contribution in [0.3, 0.4) is 0 Å². The number of hydrogen-bond acceptors (Lipinski definition) is 1. The lowest BCUT2D eigenvalue weighted by atomic mass is 10.2. The van der Waals surface area contributed by atoms with E-state index in [0.717, 1.165) is 12.1 Å². The van der Waals surface area contributed by atoms with Crippen LogP contribution in [0.25, 0.3) is 0 Å². The molecule has 2 nitrogen and oxygen atoms in total. The molecule has 0 spiro atoms. The molecule has 0 aliphatic carbocycles. The summed E-state index contributed by atoms with van der Waals surface area (Å²) in [7, 11) is 1.83. The maximum atomic E-state index is 11.6. The van der Waals surface area contributed by atoms with Crippen LogP contribution in [0.4, 0.5) is 5.69 Å². The second kappa shape index (κ2) is 4.80. The van der Waals surface area contributed by atoms with Crippen molar-refractivity contribution in [1.82, 2.24) is 0 Å². The third kappa shape index (κ3) is 2.59. The van der Waals surface area contributed by atoms with E-state index in [1.807, 2.05) is 45.2 Å². The molecule has 0 atom stereocenters. The minimum Gasteiger partial charge on any atom is -0.315 e. The van der Waals surface area contributed by atoms with Gasteiger partial charge in [0.1, 0.15) is 0 Å². The van der Waals surface area contributed by atoms with Gasteiger partial charge in [-0.2, -0.15) is 0 Å². The Morgan fingerprint density at radius 1 is 1.43 bits per heavy atom. The Bertz CT molecular complexity index is 320. The monoisotopic (exact) mass is 191 g/mol. The van der Waals surface area contributed by atoms with Crippen LogP contribution in [0.15, 0.2) is 24.3 Å². The summed E-state index contributed by atoms with van der Waals surface area (Å²) in [6.07, 6.45) is 1.51. The Hall–Kier alpha value is -1.31. The first-order chi connectivity index (χ1) is 6.65. The Kier molecular flexibility index (Phi) is 3.69. The molecule has 0 N–H and O–H groups in total. The quantitative estimate of drug-likeness (QED) is 0.719. The highest BCUT2D eigenvalue weighted by Crippen LogP contribution is 2.15. The van der Waals surface area contributed by atoms with Crippen molar-refractivity contribution in [3.05, 3.63) is 29.8 Å². The summed E-state index contributed by atoms with van der Waals surface area (Å²) in [4.78, 5) is 13.3. The van der Waals surface area contributed by atoms with E-state index in [-0.39, 0.29) is 5.91 Å². The number of aryl methyl sites for hydroxylation is 1. The van der Waals surface area contributed by atoms with Crippen molar-refractivity contribution >= 4 is 11.6 Å². The number of anilines is 1. The lowest BCUT2D eigenvalue weighted by molar-refractivity contribution is -0.118. The molecule has 1 aromatic carbocycles. The number of carbonyl (C=O) groups excluding carboxylic acids is 1. The van der Waals surface area contributed by atoms with Gasteiger partial charge in [0.2, 0.25) is 5.91 Å². The van der Waals surface area contributed by atoms with Crippen molar-refractivity contribution in [2.24, 2.45) is 0 Å². The molecule has 76 valence electrons. The molecule has 0 bridgehead atoms. The molecule has 0 fully saturated rings. The highest BCUT2D eigenvalue weighted by Gasteiger charge is 2.08. The molecule has 1 amide bonds. The number of benzene rings is 1. The lowest BCUT2D eigenvalue weighted by Crippen LogP contribution is -2.25. The predicted molar refractivity (Wildman–Crippen MR) is 59.5 cm³/mol. The molecular formula is C12H17NO. The maximum absolute atomic E-state index is 11.6. The summed E-state index contributed by atoms with van der Waals surface area (Å²) < 4.78 is 0. The highest BCUT2D eigenvalue weighted by atomic mass is 16.2. The topological polar surface area (TPSA) is 20.3 Å². The Morgan fingerprint density at radius 2 is 2.14 bits per heavy atom. The third-order valence-electron chi connectivity index (χ3n) is 2.23. The minimum absolute atomic E-state index is 0.179. The molecule has 14 heavy (non-hydrogen) atoms. The molecule has 0 saturated heterocycles. The van der Waals surface area contributed by atoms with Crippen LogP contribution in [0, 0.1) is 6.92 Å². The number of carbonyl (C=O) groups is 1. The van der Waals surface area contributed by atoms with E-state index in [9.17, 15) is 4.79 Å². The molecular weight excluding hydrogens is 174 g/mol. The molecule has 0 aliphatic rings. The fourth-order valence-corrected chi connectivity index (χ4v) is 1.36. The van der Waals surface area contributed by atoms with Gasteiger partial charge >= 0.3 is 0 Å². The summed E-state index contributed by atoms with van der Waals surface area (Å²) in [6, 6.07) is 7.98. The normalized spacial score (nSPS) is 9.93. The maximum Gasteiger partial charge on any atom is 0.226 e. The summed E-state index contributed by atoms with van der Waals surface area (Å²) in [5, 5.41) is 0. The molecule has 2 heteroatoms. The summed E-state index contributed by atoms with van der Waals surface area (Å²) in [6.45, 7) is 4.05. The van der Waals surface area contributed by atoms with Gasteiger partial charge in [-0.3, -0.25) is 4.79 Å². The van der Waals surface area contributed by atoms with Crippen LogP contribution >= 0.6 is 0 Å². The van der Waals surface area contributed by atoms with Gasteiger partial charge in [-0.15, -0.1) is 0 Å². The summed E-state index contributed by atoms with van der Waals surface area (Å²) in [5.41, 5.74) is 2.15. The van der Waals surface area contributed by atoms with Crippen molar-refractivity contribution < 1.29 is 4.79 Å². The van der Waals surface area contributed by atoms with Crippen LogP contribution < -0.4 is 4.90 Å². The number of rotatable bonds is 3. The van der Waals surface area contributed by atoms with Crippen molar-refractivity contribution in [3.63, 3.8) is 0 Å². The van der Waals surface area contributed by atoms with Gasteiger partial charge in [0.25, 0.3) is 0 Å². The first-order valence-corrected chi connectivity index (χ1v) is 4.98. The average Bonchev–Trinajstić information content (AvgIpc) is 2.17. The SMILES string of the molecule is CCCC(=O)N(C)c1cccc(C)c1. The van der Waals surface area contributed by atoms with Crippen molar-refractivity contribution in [1.29, 1.82) is 0 Å². The molecule has 0 unspecified atom stereocenters. The van der Waals surface area contributed by atoms with Crippen molar-refractivity contribution in [2.75, 3.05) is 11.9 Å². The van der Waals surface area contributed by atoms with Gasteiger partial charge in [0.05, 0.1) is 0 Å². The highest BCUT2D eigenvalue weighted by molar-refractivity contribution is 5.92. The molecule has 1 aromatic rings. The molecule has 0 radical (unpaired) electrons. The number of hydrogen-bond donors (Lipinski definition) is 0. The Labute approximate surface area is 85.5 Å². The number of nitrogens with zero attached hydrogens (tertiary/aromatic N) is 1. The zero-order valence-corrected chi connectivity index (χ0v) is 9.08. The van der Waals surface area contributed by atoms with Crippen LogP contribution in [0.2, 0.25) is 0 Å². The fraction of sp³-hybridized carbons (Fsp3) is 0.417. The Balaban J connectivity index is 2.78. The van der Waals surface area contributed by atoms with Crippen LogP contribution in [-0.4, -0.2) is 13.0 Å². The fourth-order valence-electron chi connectivity index (χ4n) is 1.36. The lowest BCUT2D eigenvalue weighted by Gasteiger charge is -2.17. The van der Waals surface area contributed by atoms with Gasteiger partial charge in [0.15, 0.2) is 0 Å². The van der Waals surface area contributed by atoms with Gasteiger partial charge in [-0.1, -0.05) is 19.1 Å². The summed E-state index contributed by atoms with van der Waals surface area (Å²) in [5.74, 6) is 0.179. The molecule has 0 aliphatic heterocycles. The van der Waals surface area contributed by atoms with Crippen LogP contribution in [0.1, 0.15) is 25.3 Å². The van der Waals surface area contributed by atoms with Crippen LogP contribution in [-0.2, 0) is 4.79 Å². The molecule has 0 aromatic heterocycles. The summed E-state index contributed by atoms with van der Waals surface area (Å²) >= 11 is 0. The largest absolute Gasteiger partial charge is 0.315 e. The van der Waals surface area contributed by atoms with Gasteiger partial charge < -0.3 is 4.90 Å². The minimum atomic E-state index is 0.179. The second-order valence-electron chi connectivity index (χ2n) is 3.54. The van der Waals surface area contributed by atoms with E-state index in [4.69, 9.17) is 0 Å². The zero-order chi connectivity index (χ0) is 10.6. The van der Waals surface area contributed by atoms with Gasteiger partial charge in [0, 0.05) is 19.2 Å². The van der Waals surface area contributed by atoms with Crippen molar-refractivity contribution in [2.45, 2.75) is 26.7 Å². The Morgan fingerprint density at radius 3 is 2.71 bits per heavy atom. The second-order valence-corrected chi connectivity index (χ2v) is 3.54. The molecule has 1 rings (SSSR count). The molecule has 0 saturated carbocycles. The van der Waals surface area contributed by atoms with E-state index in [2.05, 4.69) is 0 Å². The average molecular weight is 191 g/mol. The van der Waals surface area contributed by atoms with Crippen molar-refractivity contribution in [3.8, 4) is 0 Å². The van der Waals surface area contributed by atoms with E-state index < -0.39 is 0 Å². The van der Waals surface area contributed by atoms with E-state index in [1.165, 1.54) is 5.56 Å². The van der Waals surface area contributed by atoms with Gasteiger partial charge in [-0.05, 0) is 31.0 Å².